The molecule has 0 unspecified atom stereocenters. The first kappa shape index (κ1) is 24.0. The Labute approximate surface area is 161 Å². The van der Waals surface area contributed by atoms with Gasteiger partial charge in [0, 0.05) is 17.7 Å². The van der Waals surface area contributed by atoms with E-state index in [1.807, 2.05) is 0 Å². The third-order valence-corrected chi connectivity index (χ3v) is 3.61. The zero-order valence-corrected chi connectivity index (χ0v) is 15.2. The van der Waals surface area contributed by atoms with Crippen LogP contribution in [0.25, 0.3) is 0 Å². The molecule has 29 heavy (non-hydrogen) atoms. The van der Waals surface area contributed by atoms with Crippen LogP contribution in [0.5, 0.6) is 5.75 Å². The average Bonchev–Trinajstić information content (AvgIpc) is 2.64. The van der Waals surface area contributed by atoms with Gasteiger partial charge in [-0.3, -0.25) is 14.9 Å². The smallest absolute Gasteiger partial charge is 0.456 e. The quantitative estimate of drug-likeness (QED) is 0.280. The number of nitro benzene ring substituents is 1. The molecule has 0 bridgehead atoms. The Kier molecular flexibility index (Phi) is 7.86. The van der Waals surface area contributed by atoms with Crippen molar-refractivity contribution in [2.75, 3.05) is 13.7 Å². The molecule has 0 radical (unpaired) electrons. The SMILES string of the molecule is CCC[C@H](NC(=O)c1ccc([N+](=O)[O-])c(OCC(F)(F)C(F)(F)F)c1)C(=O)OC. The molecule has 0 aliphatic heterocycles. The van der Waals surface area contributed by atoms with Crippen molar-refractivity contribution in [2.24, 2.45) is 0 Å². The monoisotopic (exact) mass is 428 g/mol. The largest absolute Gasteiger partial charge is 0.480 e. The molecular formula is C16H17F5N2O6. The van der Waals surface area contributed by atoms with E-state index in [2.05, 4.69) is 14.8 Å². The van der Waals surface area contributed by atoms with Crippen LogP contribution in [0.1, 0.15) is 30.1 Å². The maximum absolute atomic E-state index is 13.0. The van der Waals surface area contributed by atoms with Gasteiger partial charge in [0.05, 0.1) is 12.0 Å². The maximum atomic E-state index is 13.0. The Bertz CT molecular complexity index is 769. The van der Waals surface area contributed by atoms with Crippen LogP contribution in [0, 0.1) is 10.1 Å². The molecule has 0 saturated heterocycles. The molecule has 0 fully saturated rings. The third kappa shape index (κ3) is 6.26. The van der Waals surface area contributed by atoms with Crippen LogP contribution in [0.4, 0.5) is 27.6 Å². The summed E-state index contributed by atoms with van der Waals surface area (Å²) in [4.78, 5) is 33.8. The molecule has 1 aromatic carbocycles. The van der Waals surface area contributed by atoms with Gasteiger partial charge in [-0.15, -0.1) is 0 Å². The predicted octanol–water partition coefficient (Wildman–Crippen LogP) is 3.24. The van der Waals surface area contributed by atoms with Gasteiger partial charge >= 0.3 is 23.8 Å². The van der Waals surface area contributed by atoms with Crippen molar-refractivity contribution >= 4 is 17.6 Å². The second-order valence-corrected chi connectivity index (χ2v) is 5.77. The van der Waals surface area contributed by atoms with Crippen molar-refractivity contribution in [3.8, 4) is 5.75 Å². The average molecular weight is 428 g/mol. The van der Waals surface area contributed by atoms with E-state index in [1.54, 1.807) is 6.92 Å². The summed E-state index contributed by atoms with van der Waals surface area (Å²) in [5.74, 6) is -7.92. The number of rotatable bonds is 9. The van der Waals surface area contributed by atoms with Crippen molar-refractivity contribution in [3.63, 3.8) is 0 Å². The zero-order chi connectivity index (χ0) is 22.4. The van der Waals surface area contributed by atoms with Gasteiger partial charge in [0.1, 0.15) is 6.04 Å². The number of methoxy groups -OCH3 is 1. The highest BCUT2D eigenvalue weighted by molar-refractivity contribution is 5.97. The molecule has 0 aliphatic rings. The lowest BCUT2D eigenvalue weighted by Crippen LogP contribution is -2.42. The highest BCUT2D eigenvalue weighted by atomic mass is 19.4. The highest BCUT2D eigenvalue weighted by Gasteiger charge is 2.58. The summed E-state index contributed by atoms with van der Waals surface area (Å²) in [6, 6.07) is 1.23. The Balaban J connectivity index is 3.12. The van der Waals surface area contributed by atoms with E-state index >= 15 is 0 Å². The van der Waals surface area contributed by atoms with E-state index in [4.69, 9.17) is 0 Å². The van der Waals surface area contributed by atoms with E-state index in [-0.39, 0.29) is 12.0 Å². The van der Waals surface area contributed by atoms with Crippen LogP contribution in [0.3, 0.4) is 0 Å². The lowest BCUT2D eigenvalue weighted by atomic mass is 10.1. The van der Waals surface area contributed by atoms with E-state index in [1.165, 1.54) is 0 Å². The summed E-state index contributed by atoms with van der Waals surface area (Å²) in [7, 11) is 1.09. The molecule has 1 atom stereocenters. The minimum absolute atomic E-state index is 0.201. The van der Waals surface area contributed by atoms with Crippen LogP contribution in [0.15, 0.2) is 18.2 Å². The normalized spacial score (nSPS) is 12.8. The number of halogens is 5. The van der Waals surface area contributed by atoms with Crippen molar-refractivity contribution in [1.82, 2.24) is 5.32 Å². The van der Waals surface area contributed by atoms with Crippen LogP contribution < -0.4 is 10.1 Å². The number of alkyl halides is 5. The Morgan fingerprint density at radius 1 is 1.24 bits per heavy atom. The molecule has 1 rings (SSSR count). The minimum atomic E-state index is -5.93. The Morgan fingerprint density at radius 2 is 1.86 bits per heavy atom. The molecule has 0 aromatic heterocycles. The number of nitrogens with one attached hydrogen (secondary N) is 1. The lowest BCUT2D eigenvalue weighted by Gasteiger charge is -2.20. The van der Waals surface area contributed by atoms with Gasteiger partial charge in [-0.1, -0.05) is 13.3 Å². The van der Waals surface area contributed by atoms with Gasteiger partial charge in [0.2, 0.25) is 0 Å². The number of hydrogen-bond donors (Lipinski definition) is 1. The number of ether oxygens (including phenoxy) is 2. The minimum Gasteiger partial charge on any atom is -0.480 e. The standard InChI is InChI=1S/C16H17F5N2O6/c1-3-4-10(14(25)28-2)22-13(24)9-5-6-11(23(26)27)12(7-9)29-8-15(17,18)16(19,20)21/h5-7,10H,3-4,8H2,1-2H3,(H,22,24)/t10-/m0/s1. The number of nitro groups is 1. The van der Waals surface area contributed by atoms with Gasteiger partial charge in [0.15, 0.2) is 12.4 Å². The summed E-state index contributed by atoms with van der Waals surface area (Å²) in [6.45, 7) is -0.496. The molecule has 1 amide bonds. The summed E-state index contributed by atoms with van der Waals surface area (Å²) >= 11 is 0. The maximum Gasteiger partial charge on any atom is 0.456 e. The van der Waals surface area contributed by atoms with Crippen molar-refractivity contribution in [3.05, 3.63) is 33.9 Å². The van der Waals surface area contributed by atoms with Gasteiger partial charge in [0.25, 0.3) is 5.91 Å². The number of hydrogen-bond acceptors (Lipinski definition) is 6. The van der Waals surface area contributed by atoms with Crippen LogP contribution in [-0.4, -0.2) is 48.7 Å². The molecule has 13 heteroatoms. The van der Waals surface area contributed by atoms with E-state index in [9.17, 15) is 41.7 Å². The number of carbonyl (C=O) groups is 2. The van der Waals surface area contributed by atoms with Gasteiger partial charge in [-0.05, 0) is 12.5 Å². The second kappa shape index (κ2) is 9.47. The Morgan fingerprint density at radius 3 is 2.34 bits per heavy atom. The molecule has 0 heterocycles. The molecule has 8 nitrogen and oxygen atoms in total. The molecule has 0 saturated carbocycles. The van der Waals surface area contributed by atoms with Crippen LogP contribution >= 0.6 is 0 Å². The van der Waals surface area contributed by atoms with Crippen molar-refractivity contribution < 1.29 is 45.9 Å². The van der Waals surface area contributed by atoms with E-state index in [0.717, 1.165) is 13.2 Å². The first-order chi connectivity index (χ1) is 13.3. The van der Waals surface area contributed by atoms with E-state index < -0.39 is 53.0 Å². The second-order valence-electron chi connectivity index (χ2n) is 5.77. The van der Waals surface area contributed by atoms with Crippen molar-refractivity contribution in [1.29, 1.82) is 0 Å². The summed E-state index contributed by atoms with van der Waals surface area (Å²) in [6.07, 6.45) is -5.24. The number of nitrogens with zero attached hydrogens (tertiary/aromatic N) is 1. The topological polar surface area (TPSA) is 108 Å². The van der Waals surface area contributed by atoms with Crippen LogP contribution in [-0.2, 0) is 9.53 Å². The molecule has 0 aliphatic carbocycles. The Hall–Kier alpha value is -2.99. The number of amides is 1. The molecular weight excluding hydrogens is 411 g/mol. The molecule has 1 aromatic rings. The van der Waals surface area contributed by atoms with Gasteiger partial charge in [-0.25, -0.2) is 4.79 Å². The fraction of sp³-hybridized carbons (Fsp3) is 0.500. The van der Waals surface area contributed by atoms with Gasteiger partial charge in [-0.2, -0.15) is 22.0 Å². The summed E-state index contributed by atoms with van der Waals surface area (Å²) in [5, 5.41) is 13.3. The first-order valence-corrected chi connectivity index (χ1v) is 8.08. The highest BCUT2D eigenvalue weighted by Crippen LogP contribution is 2.37. The first-order valence-electron chi connectivity index (χ1n) is 8.08. The van der Waals surface area contributed by atoms with Crippen molar-refractivity contribution in [2.45, 2.75) is 37.9 Å². The third-order valence-electron chi connectivity index (χ3n) is 3.61. The lowest BCUT2D eigenvalue weighted by molar-refractivity contribution is -0.386. The van der Waals surface area contributed by atoms with Gasteiger partial charge < -0.3 is 14.8 Å². The fourth-order valence-electron chi connectivity index (χ4n) is 2.09. The number of benzene rings is 1. The molecule has 0 spiro atoms. The summed E-state index contributed by atoms with van der Waals surface area (Å²) in [5.41, 5.74) is -1.27. The van der Waals surface area contributed by atoms with Crippen LogP contribution in [0.2, 0.25) is 0 Å². The fourth-order valence-corrected chi connectivity index (χ4v) is 2.09. The van der Waals surface area contributed by atoms with E-state index in [0.29, 0.717) is 18.6 Å². The number of esters is 1. The number of carbonyl (C=O) groups excluding carboxylic acids is 2. The summed E-state index contributed by atoms with van der Waals surface area (Å²) < 4.78 is 71.7. The predicted molar refractivity (Wildman–Crippen MR) is 87.8 cm³/mol. The molecule has 1 N–H and O–H groups in total. The molecule has 162 valence electrons. The zero-order valence-electron chi connectivity index (χ0n) is 15.2.